The minimum atomic E-state index is -0.722. The molecule has 0 heterocycles. The lowest BCUT2D eigenvalue weighted by Crippen LogP contribution is -2.34. The highest BCUT2D eigenvalue weighted by Crippen LogP contribution is 2.40. The Bertz CT molecular complexity index is 716. The highest BCUT2D eigenvalue weighted by molar-refractivity contribution is 5.47. The summed E-state index contributed by atoms with van der Waals surface area (Å²) in [7, 11) is 0. The van der Waals surface area contributed by atoms with Crippen LogP contribution in [0.5, 0.6) is 0 Å². The first kappa shape index (κ1) is 19.1. The molecule has 138 valence electrons. The van der Waals surface area contributed by atoms with Crippen LogP contribution in [0.4, 0.5) is 0 Å². The molecule has 3 rings (SSSR count). The fourth-order valence-corrected chi connectivity index (χ4v) is 3.44. The molecule has 0 unspecified atom stereocenters. The highest BCUT2D eigenvalue weighted by atomic mass is 16.5. The van der Waals surface area contributed by atoms with Gasteiger partial charge in [-0.15, -0.1) is 6.58 Å². The van der Waals surface area contributed by atoms with Crippen LogP contribution in [-0.4, -0.2) is 18.3 Å². The molecule has 27 heavy (non-hydrogen) atoms. The van der Waals surface area contributed by atoms with Crippen molar-refractivity contribution in [1.82, 2.24) is 0 Å². The van der Waals surface area contributed by atoms with Gasteiger partial charge in [-0.3, -0.25) is 0 Å². The van der Waals surface area contributed by atoms with Crippen LogP contribution >= 0.6 is 0 Å². The molecule has 0 aliphatic carbocycles. The fourth-order valence-electron chi connectivity index (χ4n) is 3.44. The molecule has 0 aliphatic rings. The third-order valence-corrected chi connectivity index (χ3v) is 4.89. The molecule has 0 aromatic heterocycles. The fraction of sp³-hybridized carbons (Fsp3) is 0.200. The SMILES string of the molecule is C=C[C@H](CCO)COC(c1ccccc1)(c1ccccc1)c1ccccc1. The smallest absolute Gasteiger partial charge is 0.143 e. The van der Waals surface area contributed by atoms with E-state index in [1.54, 1.807) is 0 Å². The van der Waals surface area contributed by atoms with Gasteiger partial charge in [0.1, 0.15) is 5.60 Å². The second-order valence-corrected chi connectivity index (χ2v) is 6.60. The number of aliphatic hydroxyl groups excluding tert-OH is 1. The van der Waals surface area contributed by atoms with E-state index >= 15 is 0 Å². The van der Waals surface area contributed by atoms with Gasteiger partial charge in [0.15, 0.2) is 0 Å². The molecule has 0 amide bonds. The van der Waals surface area contributed by atoms with E-state index < -0.39 is 5.60 Å². The third-order valence-electron chi connectivity index (χ3n) is 4.89. The summed E-state index contributed by atoms with van der Waals surface area (Å²) in [6, 6.07) is 30.9. The molecule has 0 saturated heterocycles. The van der Waals surface area contributed by atoms with Crippen LogP contribution in [0.3, 0.4) is 0 Å². The van der Waals surface area contributed by atoms with Gasteiger partial charge in [-0.05, 0) is 23.1 Å². The molecule has 1 N–H and O–H groups in total. The Morgan fingerprint density at radius 3 is 1.52 bits per heavy atom. The monoisotopic (exact) mass is 358 g/mol. The number of hydrogen-bond acceptors (Lipinski definition) is 2. The average Bonchev–Trinajstić information content (AvgIpc) is 2.75. The zero-order valence-corrected chi connectivity index (χ0v) is 15.5. The van der Waals surface area contributed by atoms with E-state index in [9.17, 15) is 5.11 Å². The van der Waals surface area contributed by atoms with Crippen molar-refractivity contribution in [3.8, 4) is 0 Å². The van der Waals surface area contributed by atoms with E-state index in [2.05, 4.69) is 43.0 Å². The van der Waals surface area contributed by atoms with Crippen molar-refractivity contribution >= 4 is 0 Å². The van der Waals surface area contributed by atoms with Crippen molar-refractivity contribution in [2.24, 2.45) is 5.92 Å². The molecular weight excluding hydrogens is 332 g/mol. The van der Waals surface area contributed by atoms with Crippen LogP contribution in [0, 0.1) is 5.92 Å². The maximum atomic E-state index is 9.34. The van der Waals surface area contributed by atoms with E-state index in [-0.39, 0.29) is 12.5 Å². The van der Waals surface area contributed by atoms with Gasteiger partial charge >= 0.3 is 0 Å². The molecule has 0 aliphatic heterocycles. The quantitative estimate of drug-likeness (QED) is 0.422. The predicted molar refractivity (Wildman–Crippen MR) is 111 cm³/mol. The lowest BCUT2D eigenvalue weighted by atomic mass is 9.80. The van der Waals surface area contributed by atoms with Crippen molar-refractivity contribution in [2.45, 2.75) is 12.0 Å². The summed E-state index contributed by atoms with van der Waals surface area (Å²) >= 11 is 0. The standard InChI is InChI=1S/C25H26O2/c1-2-21(18-19-26)20-27-25(22-12-6-3-7-13-22,23-14-8-4-9-15-23)24-16-10-5-11-17-24/h2-17,21,26H,1,18-20H2/t21-/m1/s1. The van der Waals surface area contributed by atoms with Gasteiger partial charge in [0.25, 0.3) is 0 Å². The van der Waals surface area contributed by atoms with Gasteiger partial charge in [0.05, 0.1) is 6.61 Å². The summed E-state index contributed by atoms with van der Waals surface area (Å²) in [6.07, 6.45) is 2.50. The Morgan fingerprint density at radius 1 is 0.778 bits per heavy atom. The molecule has 0 spiro atoms. The van der Waals surface area contributed by atoms with Crippen molar-refractivity contribution < 1.29 is 9.84 Å². The summed E-state index contributed by atoms with van der Waals surface area (Å²) in [4.78, 5) is 0. The lowest BCUT2D eigenvalue weighted by Gasteiger charge is -2.37. The number of aliphatic hydroxyl groups is 1. The average molecular weight is 358 g/mol. The minimum absolute atomic E-state index is 0.0884. The molecule has 1 atom stereocenters. The molecule has 3 aromatic carbocycles. The minimum Gasteiger partial charge on any atom is -0.396 e. The second-order valence-electron chi connectivity index (χ2n) is 6.60. The van der Waals surface area contributed by atoms with E-state index in [0.717, 1.165) is 16.7 Å². The summed E-state index contributed by atoms with van der Waals surface area (Å²) < 4.78 is 6.71. The molecule has 0 radical (unpaired) electrons. The van der Waals surface area contributed by atoms with Gasteiger partial charge in [-0.2, -0.15) is 0 Å². The third kappa shape index (κ3) is 4.19. The second kappa shape index (κ2) is 9.31. The summed E-state index contributed by atoms with van der Waals surface area (Å²) in [5.41, 5.74) is 2.51. The van der Waals surface area contributed by atoms with E-state index in [4.69, 9.17) is 4.74 Å². The van der Waals surface area contributed by atoms with Crippen LogP contribution in [0.25, 0.3) is 0 Å². The Morgan fingerprint density at radius 2 is 1.19 bits per heavy atom. The van der Waals surface area contributed by atoms with Crippen molar-refractivity contribution in [3.63, 3.8) is 0 Å². The van der Waals surface area contributed by atoms with Gasteiger partial charge < -0.3 is 9.84 Å². The Balaban J connectivity index is 2.15. The molecule has 0 saturated carbocycles. The highest BCUT2D eigenvalue weighted by Gasteiger charge is 2.37. The number of hydrogen-bond donors (Lipinski definition) is 1. The maximum Gasteiger partial charge on any atom is 0.143 e. The zero-order chi connectivity index (χ0) is 19.0. The molecular formula is C25H26O2. The van der Waals surface area contributed by atoms with Gasteiger partial charge in [-0.1, -0.05) is 97.1 Å². The topological polar surface area (TPSA) is 29.5 Å². The van der Waals surface area contributed by atoms with Crippen LogP contribution in [0.2, 0.25) is 0 Å². The summed E-state index contributed by atoms with van der Waals surface area (Å²) in [5.74, 6) is 0.0884. The molecule has 0 fully saturated rings. The first-order valence-corrected chi connectivity index (χ1v) is 9.35. The van der Waals surface area contributed by atoms with Gasteiger partial charge in [0, 0.05) is 12.5 Å². The van der Waals surface area contributed by atoms with Crippen molar-refractivity contribution in [1.29, 1.82) is 0 Å². The Kier molecular flexibility index (Phi) is 6.59. The normalized spacial score (nSPS) is 12.5. The summed E-state index contributed by atoms with van der Waals surface area (Å²) in [6.45, 7) is 4.50. The van der Waals surface area contributed by atoms with Crippen molar-refractivity contribution in [3.05, 3.63) is 120 Å². The van der Waals surface area contributed by atoms with Crippen molar-refractivity contribution in [2.75, 3.05) is 13.2 Å². The summed E-state index contributed by atoms with van der Waals surface area (Å²) in [5, 5.41) is 9.34. The molecule has 2 nitrogen and oxygen atoms in total. The first-order valence-electron chi connectivity index (χ1n) is 9.35. The molecule has 0 bridgehead atoms. The number of ether oxygens (including phenoxy) is 1. The first-order chi connectivity index (χ1) is 13.3. The largest absolute Gasteiger partial charge is 0.396 e. The molecule has 2 heteroatoms. The predicted octanol–water partition coefficient (Wildman–Crippen LogP) is 5.18. The van der Waals surface area contributed by atoms with Crippen LogP contribution in [-0.2, 0) is 10.3 Å². The van der Waals surface area contributed by atoms with Crippen LogP contribution in [0.1, 0.15) is 23.1 Å². The van der Waals surface area contributed by atoms with E-state index in [1.807, 2.05) is 60.7 Å². The van der Waals surface area contributed by atoms with E-state index in [0.29, 0.717) is 13.0 Å². The Hall–Kier alpha value is -2.68. The zero-order valence-electron chi connectivity index (χ0n) is 15.5. The van der Waals surface area contributed by atoms with Gasteiger partial charge in [-0.25, -0.2) is 0 Å². The molecule has 3 aromatic rings. The lowest BCUT2D eigenvalue weighted by molar-refractivity contribution is -0.00391. The van der Waals surface area contributed by atoms with Crippen LogP contribution in [0.15, 0.2) is 104 Å². The Labute approximate surface area is 161 Å². The van der Waals surface area contributed by atoms with Gasteiger partial charge in [0.2, 0.25) is 0 Å². The maximum absolute atomic E-state index is 9.34. The van der Waals surface area contributed by atoms with E-state index in [1.165, 1.54) is 0 Å². The van der Waals surface area contributed by atoms with Crippen LogP contribution < -0.4 is 0 Å². The number of rotatable bonds is 9. The number of benzene rings is 3.